The molecule has 1 atom stereocenters. The summed E-state index contributed by atoms with van der Waals surface area (Å²) < 4.78 is 29.6. The summed E-state index contributed by atoms with van der Waals surface area (Å²) in [6, 6.07) is 0. The Morgan fingerprint density at radius 1 is 0.789 bits per heavy atom. The third-order valence-electron chi connectivity index (χ3n) is 3.21. The molecule has 1 N–H and O–H groups in total. The molecule has 0 aliphatic heterocycles. The van der Waals surface area contributed by atoms with Gasteiger partial charge in [0.2, 0.25) is 0 Å². The van der Waals surface area contributed by atoms with Crippen LogP contribution in [0.2, 0.25) is 10.4 Å². The molecule has 0 aromatic rings. The second-order valence-corrected chi connectivity index (χ2v) is 9.94. The van der Waals surface area contributed by atoms with Gasteiger partial charge in [-0.05, 0) is 0 Å². The zero-order valence-electron chi connectivity index (χ0n) is 12.4. The molecule has 0 bridgehead atoms. The normalized spacial score (nSPS) is 12.5. The van der Waals surface area contributed by atoms with E-state index in [4.69, 9.17) is 4.55 Å². The zero-order valence-corrected chi connectivity index (χ0v) is 15.3. The van der Waals surface area contributed by atoms with Crippen molar-refractivity contribution in [2.24, 2.45) is 0 Å². The number of hydrogen-bond acceptors (Lipinski definition) is 2. The van der Waals surface area contributed by atoms with Crippen LogP contribution in [0.1, 0.15) is 71.1 Å². The van der Waals surface area contributed by atoms with E-state index in [1.165, 1.54) is 63.0 Å². The molecule has 0 aliphatic carbocycles. The van der Waals surface area contributed by atoms with Crippen molar-refractivity contribution in [2.75, 3.05) is 5.75 Å². The molecule has 0 aromatic heterocycles. The van der Waals surface area contributed by atoms with Gasteiger partial charge in [0, 0.05) is 0 Å². The van der Waals surface area contributed by atoms with E-state index in [0.29, 0.717) is 6.42 Å². The molecule has 0 rings (SSSR count). The topological polar surface area (TPSA) is 54.4 Å². The first-order valence-corrected chi connectivity index (χ1v) is 12.3. The van der Waals surface area contributed by atoms with Gasteiger partial charge in [0.15, 0.2) is 0 Å². The van der Waals surface area contributed by atoms with Gasteiger partial charge in [-0.1, -0.05) is 0 Å². The van der Waals surface area contributed by atoms with Crippen molar-refractivity contribution < 1.29 is 13.0 Å². The van der Waals surface area contributed by atoms with E-state index >= 15 is 0 Å². The van der Waals surface area contributed by atoms with Crippen molar-refractivity contribution in [2.45, 2.75) is 81.5 Å². The molecule has 0 radical (unpaired) electrons. The second kappa shape index (κ2) is 13.5. The molecule has 19 heavy (non-hydrogen) atoms. The quantitative estimate of drug-likeness (QED) is 0.291. The Labute approximate surface area is 126 Å². The third-order valence-corrected chi connectivity index (χ3v) is 6.98. The second-order valence-electron chi connectivity index (χ2n) is 5.22. The Kier molecular flexibility index (Phi) is 13.8. The fourth-order valence-corrected chi connectivity index (χ4v) is 5.58. The Bertz CT molecular complexity index is 278. The Balaban J connectivity index is 3.03. The molecule has 0 saturated heterocycles. The van der Waals surface area contributed by atoms with E-state index in [-0.39, 0.29) is 21.5 Å². The van der Waals surface area contributed by atoms with Crippen molar-refractivity contribution in [3.63, 3.8) is 0 Å². The van der Waals surface area contributed by atoms with Crippen LogP contribution in [0.15, 0.2) is 0 Å². The maximum absolute atomic E-state index is 10.5. The van der Waals surface area contributed by atoms with Crippen molar-refractivity contribution >= 4 is 25.9 Å². The average Bonchev–Trinajstić information content (AvgIpc) is 2.34. The van der Waals surface area contributed by atoms with Gasteiger partial charge in [-0.15, -0.1) is 0 Å². The fraction of sp³-hybridized carbons (Fsp3) is 1.00. The summed E-state index contributed by atoms with van der Waals surface area (Å²) in [5.74, 6) is -0.0474. The van der Waals surface area contributed by atoms with Gasteiger partial charge in [0.1, 0.15) is 0 Å². The van der Waals surface area contributed by atoms with Gasteiger partial charge in [-0.2, -0.15) is 0 Å². The van der Waals surface area contributed by atoms with Crippen molar-refractivity contribution in [3.05, 3.63) is 0 Å². The molecule has 1 unspecified atom stereocenters. The molecule has 3 nitrogen and oxygen atoms in total. The standard InChI is InChI=1S/C14H31AsO3S/c1-2-3-4-5-6-7-8-9-10-12-15-13-11-14-19(16,17)18/h15H,2-14H2,1H3,(H,16,17,18). The van der Waals surface area contributed by atoms with Gasteiger partial charge >= 0.3 is 126 Å². The van der Waals surface area contributed by atoms with Crippen LogP contribution < -0.4 is 0 Å². The molecule has 0 fully saturated rings. The third kappa shape index (κ3) is 18.5. The van der Waals surface area contributed by atoms with E-state index < -0.39 is 10.1 Å². The van der Waals surface area contributed by atoms with Crippen LogP contribution in [-0.4, -0.2) is 34.5 Å². The van der Waals surface area contributed by atoms with E-state index in [1.807, 2.05) is 0 Å². The molecule has 5 heteroatoms. The minimum absolute atomic E-state index is 0.0333. The van der Waals surface area contributed by atoms with Crippen LogP contribution in [0.4, 0.5) is 0 Å². The summed E-state index contributed by atoms with van der Waals surface area (Å²) in [6.45, 7) is 2.25. The maximum atomic E-state index is 10.5. The van der Waals surface area contributed by atoms with Crippen molar-refractivity contribution in [1.82, 2.24) is 0 Å². The first-order chi connectivity index (χ1) is 9.06. The van der Waals surface area contributed by atoms with Crippen LogP contribution in [-0.2, 0) is 10.1 Å². The Morgan fingerprint density at radius 3 is 1.79 bits per heavy atom. The van der Waals surface area contributed by atoms with Gasteiger partial charge < -0.3 is 0 Å². The van der Waals surface area contributed by atoms with Crippen LogP contribution >= 0.6 is 0 Å². The van der Waals surface area contributed by atoms with Gasteiger partial charge in [0.25, 0.3) is 0 Å². The van der Waals surface area contributed by atoms with Crippen LogP contribution in [0, 0.1) is 0 Å². The molecule has 0 saturated carbocycles. The summed E-state index contributed by atoms with van der Waals surface area (Å²) in [6.07, 6.45) is 13.0. The predicted octanol–water partition coefficient (Wildman–Crippen LogP) is 4.07. The zero-order chi connectivity index (χ0) is 14.4. The van der Waals surface area contributed by atoms with Gasteiger partial charge in [-0.3, -0.25) is 0 Å². The molecule has 0 aliphatic rings. The summed E-state index contributed by atoms with van der Waals surface area (Å²) in [4.78, 5) is 0. The van der Waals surface area contributed by atoms with Gasteiger partial charge in [0.05, 0.1) is 0 Å². The fourth-order valence-electron chi connectivity index (χ4n) is 2.07. The van der Waals surface area contributed by atoms with Crippen LogP contribution in [0.3, 0.4) is 0 Å². The van der Waals surface area contributed by atoms with Crippen LogP contribution in [0.5, 0.6) is 0 Å². The Morgan fingerprint density at radius 2 is 1.26 bits per heavy atom. The van der Waals surface area contributed by atoms with E-state index in [2.05, 4.69) is 6.92 Å². The number of rotatable bonds is 14. The molecule has 0 aromatic carbocycles. The predicted molar refractivity (Wildman–Crippen MR) is 85.0 cm³/mol. The summed E-state index contributed by atoms with van der Waals surface area (Å²) in [7, 11) is -3.72. The molecule has 0 heterocycles. The number of unbranched alkanes of at least 4 members (excludes halogenated alkanes) is 8. The molecular formula is C14H31AsO3S. The van der Waals surface area contributed by atoms with Crippen molar-refractivity contribution in [3.8, 4) is 0 Å². The van der Waals surface area contributed by atoms with Gasteiger partial charge in [-0.25, -0.2) is 0 Å². The Hall–Kier alpha value is 0.468. The number of hydrogen-bond donors (Lipinski definition) is 1. The van der Waals surface area contributed by atoms with Crippen LogP contribution in [0.25, 0.3) is 0 Å². The molecule has 116 valence electrons. The first-order valence-electron chi connectivity index (χ1n) is 7.72. The monoisotopic (exact) mass is 354 g/mol. The first kappa shape index (κ1) is 19.5. The van der Waals surface area contributed by atoms with Crippen molar-refractivity contribution in [1.29, 1.82) is 0 Å². The minimum atomic E-state index is -3.72. The van der Waals surface area contributed by atoms with E-state index in [9.17, 15) is 8.42 Å². The average molecular weight is 354 g/mol. The molecular weight excluding hydrogens is 323 g/mol. The summed E-state index contributed by atoms with van der Waals surface area (Å²) in [5.41, 5.74) is 0. The SMILES string of the molecule is CCCCCCCCCCC[AsH]CCCS(=O)(=O)O. The van der Waals surface area contributed by atoms with E-state index in [0.717, 1.165) is 5.21 Å². The molecule has 0 amide bonds. The summed E-state index contributed by atoms with van der Waals surface area (Å²) >= 11 is 0.0333. The van der Waals surface area contributed by atoms with E-state index in [1.54, 1.807) is 0 Å². The molecule has 0 spiro atoms. The summed E-state index contributed by atoms with van der Waals surface area (Å²) in [5, 5.41) is 2.36.